The van der Waals surface area contributed by atoms with Crippen molar-refractivity contribution in [1.82, 2.24) is 0 Å². The topological polar surface area (TPSA) is 55.8 Å². The van der Waals surface area contributed by atoms with E-state index in [2.05, 4.69) is 31.9 Å². The Morgan fingerprint density at radius 3 is 2.52 bits per heavy atom. The van der Waals surface area contributed by atoms with E-state index in [1.807, 2.05) is 18.2 Å². The van der Waals surface area contributed by atoms with Crippen molar-refractivity contribution in [3.8, 4) is 11.5 Å². The summed E-state index contributed by atoms with van der Waals surface area (Å²) in [5.41, 5.74) is 0.956. The van der Waals surface area contributed by atoms with Crippen LogP contribution in [0, 0.1) is 0 Å². The molecule has 0 aliphatic carbocycles. The quantitative estimate of drug-likeness (QED) is 0.781. The first-order valence-electron chi connectivity index (χ1n) is 5.99. The molecule has 0 radical (unpaired) electrons. The fourth-order valence-electron chi connectivity index (χ4n) is 1.76. The van der Waals surface area contributed by atoms with Gasteiger partial charge < -0.3 is 14.6 Å². The van der Waals surface area contributed by atoms with Crippen LogP contribution in [0.3, 0.4) is 0 Å². The van der Waals surface area contributed by atoms with Gasteiger partial charge in [-0.25, -0.2) is 4.79 Å². The second-order valence-corrected chi connectivity index (χ2v) is 5.97. The van der Waals surface area contributed by atoms with E-state index in [0.29, 0.717) is 18.1 Å². The van der Waals surface area contributed by atoms with Gasteiger partial charge >= 0.3 is 5.97 Å². The lowest BCUT2D eigenvalue weighted by Crippen LogP contribution is -2.03. The second kappa shape index (κ2) is 6.95. The maximum Gasteiger partial charge on any atom is 0.339 e. The van der Waals surface area contributed by atoms with Crippen LogP contribution in [-0.2, 0) is 6.61 Å². The summed E-state index contributed by atoms with van der Waals surface area (Å²) >= 11 is 6.80. The summed E-state index contributed by atoms with van der Waals surface area (Å²) in [6, 6.07) is 10.5. The molecule has 0 spiro atoms. The number of carboxylic acid groups (broad SMARTS) is 1. The Labute approximate surface area is 139 Å². The molecule has 0 bridgehead atoms. The number of carbonyl (C=O) groups is 1. The lowest BCUT2D eigenvalue weighted by atomic mass is 10.1. The molecule has 2 aromatic rings. The van der Waals surface area contributed by atoms with Crippen molar-refractivity contribution >= 4 is 37.8 Å². The molecule has 2 rings (SSSR count). The van der Waals surface area contributed by atoms with Gasteiger partial charge in [0.2, 0.25) is 0 Å². The average Bonchev–Trinajstić information content (AvgIpc) is 2.45. The Morgan fingerprint density at radius 1 is 1.14 bits per heavy atom. The molecule has 0 saturated carbocycles. The summed E-state index contributed by atoms with van der Waals surface area (Å²) in [6.07, 6.45) is 0. The zero-order valence-electron chi connectivity index (χ0n) is 11.1. The Morgan fingerprint density at radius 2 is 1.90 bits per heavy atom. The molecule has 0 aliphatic rings. The smallest absolute Gasteiger partial charge is 0.339 e. The van der Waals surface area contributed by atoms with Gasteiger partial charge in [-0.05, 0) is 51.8 Å². The highest BCUT2D eigenvalue weighted by atomic mass is 79.9. The molecule has 0 unspecified atom stereocenters. The van der Waals surface area contributed by atoms with Crippen molar-refractivity contribution in [2.45, 2.75) is 6.61 Å². The second-order valence-electron chi connectivity index (χ2n) is 4.20. The summed E-state index contributed by atoms with van der Waals surface area (Å²) in [5, 5.41) is 9.04. The van der Waals surface area contributed by atoms with Gasteiger partial charge in [0.25, 0.3) is 0 Å². The highest BCUT2D eigenvalue weighted by Crippen LogP contribution is 2.29. The Kier molecular flexibility index (Phi) is 5.25. The number of halogens is 2. The molecule has 0 saturated heterocycles. The number of ether oxygens (including phenoxy) is 2. The minimum absolute atomic E-state index is 0.131. The highest BCUT2D eigenvalue weighted by molar-refractivity contribution is 9.11. The van der Waals surface area contributed by atoms with Gasteiger partial charge in [-0.2, -0.15) is 0 Å². The summed E-state index contributed by atoms with van der Waals surface area (Å²) in [7, 11) is 1.44. The van der Waals surface area contributed by atoms with Crippen LogP contribution in [0.25, 0.3) is 0 Å². The highest BCUT2D eigenvalue weighted by Gasteiger charge is 2.11. The lowest BCUT2D eigenvalue weighted by Gasteiger charge is -2.11. The molecular formula is C15H12Br2O4. The SMILES string of the molecule is COc1cc(COc2ccc(Br)cc2Br)ccc1C(=O)O. The number of hydrogen-bond acceptors (Lipinski definition) is 3. The number of carboxylic acids is 1. The number of methoxy groups -OCH3 is 1. The van der Waals surface area contributed by atoms with E-state index in [1.54, 1.807) is 12.1 Å². The minimum Gasteiger partial charge on any atom is -0.496 e. The van der Waals surface area contributed by atoms with Crippen LogP contribution in [0.15, 0.2) is 45.3 Å². The monoisotopic (exact) mass is 414 g/mol. The van der Waals surface area contributed by atoms with Crippen molar-refractivity contribution in [2.24, 2.45) is 0 Å². The van der Waals surface area contributed by atoms with Crippen LogP contribution in [0.4, 0.5) is 0 Å². The molecule has 0 fully saturated rings. The molecule has 0 atom stereocenters. The first-order valence-corrected chi connectivity index (χ1v) is 7.58. The Balaban J connectivity index is 2.15. The van der Waals surface area contributed by atoms with Crippen LogP contribution in [-0.4, -0.2) is 18.2 Å². The fraction of sp³-hybridized carbons (Fsp3) is 0.133. The molecule has 0 heterocycles. The van der Waals surface area contributed by atoms with E-state index in [4.69, 9.17) is 14.6 Å². The maximum absolute atomic E-state index is 11.0. The van der Waals surface area contributed by atoms with Crippen LogP contribution < -0.4 is 9.47 Å². The molecule has 0 aromatic heterocycles. The van der Waals surface area contributed by atoms with Gasteiger partial charge in [0, 0.05) is 4.47 Å². The molecule has 110 valence electrons. The van der Waals surface area contributed by atoms with Crippen molar-refractivity contribution < 1.29 is 19.4 Å². The molecule has 0 aliphatic heterocycles. The van der Waals surface area contributed by atoms with E-state index in [0.717, 1.165) is 14.5 Å². The Bertz CT molecular complexity index is 671. The van der Waals surface area contributed by atoms with Crippen molar-refractivity contribution in [3.05, 3.63) is 56.5 Å². The Hall–Kier alpha value is -1.53. The first kappa shape index (κ1) is 15.9. The third-order valence-electron chi connectivity index (χ3n) is 2.78. The standard InChI is InChI=1S/C15H12Br2O4/c1-20-14-6-9(2-4-11(14)15(18)19)8-21-13-5-3-10(16)7-12(13)17/h2-7H,8H2,1H3,(H,18,19). The van der Waals surface area contributed by atoms with E-state index in [-0.39, 0.29) is 5.56 Å². The van der Waals surface area contributed by atoms with Gasteiger partial charge in [0.05, 0.1) is 11.6 Å². The van der Waals surface area contributed by atoms with Gasteiger partial charge in [-0.1, -0.05) is 22.0 Å². The van der Waals surface area contributed by atoms with E-state index < -0.39 is 5.97 Å². The third kappa shape index (κ3) is 3.98. The van der Waals surface area contributed by atoms with Gasteiger partial charge in [0.1, 0.15) is 23.7 Å². The molecule has 6 heteroatoms. The number of benzene rings is 2. The zero-order chi connectivity index (χ0) is 15.4. The number of aromatic carboxylic acids is 1. The fourth-order valence-corrected chi connectivity index (χ4v) is 2.92. The maximum atomic E-state index is 11.0. The molecule has 1 N–H and O–H groups in total. The van der Waals surface area contributed by atoms with Crippen molar-refractivity contribution in [2.75, 3.05) is 7.11 Å². The summed E-state index contributed by atoms with van der Waals surface area (Å²) in [4.78, 5) is 11.0. The van der Waals surface area contributed by atoms with Crippen molar-refractivity contribution in [1.29, 1.82) is 0 Å². The van der Waals surface area contributed by atoms with Gasteiger partial charge in [-0.3, -0.25) is 0 Å². The molecule has 21 heavy (non-hydrogen) atoms. The molecule has 0 amide bonds. The molecular weight excluding hydrogens is 404 g/mol. The predicted molar refractivity (Wildman–Crippen MR) is 86.1 cm³/mol. The van der Waals surface area contributed by atoms with E-state index in [9.17, 15) is 4.79 Å². The van der Waals surface area contributed by atoms with Gasteiger partial charge in [0.15, 0.2) is 0 Å². The van der Waals surface area contributed by atoms with Crippen molar-refractivity contribution in [3.63, 3.8) is 0 Å². The predicted octanol–water partition coefficient (Wildman–Crippen LogP) is 4.50. The van der Waals surface area contributed by atoms with Crippen LogP contribution in [0.2, 0.25) is 0 Å². The average molecular weight is 416 g/mol. The molecule has 2 aromatic carbocycles. The van der Waals surface area contributed by atoms with Crippen LogP contribution >= 0.6 is 31.9 Å². The number of rotatable bonds is 5. The normalized spacial score (nSPS) is 10.2. The summed E-state index contributed by atoms with van der Waals surface area (Å²) in [6.45, 7) is 0.316. The largest absolute Gasteiger partial charge is 0.496 e. The lowest BCUT2D eigenvalue weighted by molar-refractivity contribution is 0.0693. The van der Waals surface area contributed by atoms with E-state index >= 15 is 0 Å². The summed E-state index contributed by atoms with van der Waals surface area (Å²) in [5.74, 6) is 0.00734. The molecule has 4 nitrogen and oxygen atoms in total. The minimum atomic E-state index is -1.02. The van der Waals surface area contributed by atoms with Crippen LogP contribution in [0.1, 0.15) is 15.9 Å². The van der Waals surface area contributed by atoms with Crippen LogP contribution in [0.5, 0.6) is 11.5 Å². The number of hydrogen-bond donors (Lipinski definition) is 1. The summed E-state index contributed by atoms with van der Waals surface area (Å²) < 4.78 is 12.6. The van der Waals surface area contributed by atoms with E-state index in [1.165, 1.54) is 13.2 Å². The van der Waals surface area contributed by atoms with Gasteiger partial charge in [-0.15, -0.1) is 0 Å². The zero-order valence-corrected chi connectivity index (χ0v) is 14.3. The third-order valence-corrected chi connectivity index (χ3v) is 3.90. The first-order chi connectivity index (χ1) is 10.0.